The van der Waals surface area contributed by atoms with E-state index in [1.165, 1.54) is 12.1 Å². The number of nitrogens with one attached hydrogen (secondary N) is 1. The molecular formula is C14H13ClFN. The van der Waals surface area contributed by atoms with Crippen molar-refractivity contribution in [2.24, 2.45) is 0 Å². The zero-order valence-corrected chi connectivity index (χ0v) is 10.2. The van der Waals surface area contributed by atoms with Gasteiger partial charge in [-0.3, -0.25) is 0 Å². The Bertz CT molecular complexity index is 496. The zero-order chi connectivity index (χ0) is 12.3. The van der Waals surface area contributed by atoms with Crippen molar-refractivity contribution in [3.8, 4) is 0 Å². The maximum absolute atomic E-state index is 12.9. The molecule has 0 radical (unpaired) electrons. The summed E-state index contributed by atoms with van der Waals surface area (Å²) in [6, 6.07) is 14.1. The van der Waals surface area contributed by atoms with Crippen LogP contribution in [0.5, 0.6) is 0 Å². The molecule has 0 aromatic heterocycles. The van der Waals surface area contributed by atoms with Crippen molar-refractivity contribution < 1.29 is 4.39 Å². The third-order valence-electron chi connectivity index (χ3n) is 2.67. The van der Waals surface area contributed by atoms with Gasteiger partial charge in [-0.25, -0.2) is 4.39 Å². The summed E-state index contributed by atoms with van der Waals surface area (Å²) in [7, 11) is 1.87. The van der Waals surface area contributed by atoms with Gasteiger partial charge in [0.05, 0.1) is 6.04 Å². The summed E-state index contributed by atoms with van der Waals surface area (Å²) in [5.41, 5.74) is 2.07. The second kappa shape index (κ2) is 5.30. The lowest BCUT2D eigenvalue weighted by Crippen LogP contribution is -2.17. The molecule has 1 N–H and O–H groups in total. The van der Waals surface area contributed by atoms with Crippen molar-refractivity contribution in [3.05, 3.63) is 70.5 Å². The average molecular weight is 250 g/mol. The molecule has 0 amide bonds. The fourth-order valence-electron chi connectivity index (χ4n) is 1.87. The number of hydrogen-bond donors (Lipinski definition) is 1. The molecule has 2 aromatic carbocycles. The van der Waals surface area contributed by atoms with Crippen LogP contribution in [0.2, 0.25) is 5.02 Å². The lowest BCUT2D eigenvalue weighted by Gasteiger charge is -2.17. The minimum absolute atomic E-state index is 0.0225. The molecule has 1 unspecified atom stereocenters. The monoisotopic (exact) mass is 249 g/mol. The first kappa shape index (κ1) is 12.1. The molecule has 3 heteroatoms. The molecule has 0 aliphatic rings. The molecule has 2 rings (SSSR count). The Morgan fingerprint density at radius 3 is 2.35 bits per heavy atom. The Hall–Kier alpha value is -1.38. The van der Waals surface area contributed by atoms with E-state index in [1.54, 1.807) is 12.1 Å². The first-order valence-electron chi connectivity index (χ1n) is 5.39. The predicted octanol–water partition coefficient (Wildman–Crippen LogP) is 3.79. The highest BCUT2D eigenvalue weighted by Crippen LogP contribution is 2.24. The summed E-state index contributed by atoms with van der Waals surface area (Å²) in [6.07, 6.45) is 0. The Morgan fingerprint density at radius 1 is 1.06 bits per heavy atom. The summed E-state index contributed by atoms with van der Waals surface area (Å²) < 4.78 is 12.9. The minimum Gasteiger partial charge on any atom is -0.309 e. The van der Waals surface area contributed by atoms with Gasteiger partial charge in [-0.2, -0.15) is 0 Å². The van der Waals surface area contributed by atoms with Crippen molar-refractivity contribution in [2.75, 3.05) is 7.05 Å². The van der Waals surface area contributed by atoms with Gasteiger partial charge in [0.15, 0.2) is 0 Å². The number of hydrogen-bond acceptors (Lipinski definition) is 1. The predicted molar refractivity (Wildman–Crippen MR) is 68.8 cm³/mol. The lowest BCUT2D eigenvalue weighted by atomic mass is 9.99. The molecule has 0 aliphatic heterocycles. The molecule has 0 heterocycles. The lowest BCUT2D eigenvalue weighted by molar-refractivity contribution is 0.623. The Labute approximate surface area is 105 Å². The van der Waals surface area contributed by atoms with Crippen LogP contribution in [0.15, 0.2) is 48.5 Å². The minimum atomic E-state index is -0.227. The van der Waals surface area contributed by atoms with Crippen molar-refractivity contribution in [1.82, 2.24) is 5.32 Å². The molecule has 1 atom stereocenters. The van der Waals surface area contributed by atoms with Crippen LogP contribution in [0, 0.1) is 5.82 Å². The quantitative estimate of drug-likeness (QED) is 0.873. The van der Waals surface area contributed by atoms with Crippen LogP contribution in [0.1, 0.15) is 17.2 Å². The molecule has 17 heavy (non-hydrogen) atoms. The maximum Gasteiger partial charge on any atom is 0.123 e. The van der Waals surface area contributed by atoms with Gasteiger partial charge in [-0.05, 0) is 42.4 Å². The van der Waals surface area contributed by atoms with Gasteiger partial charge in [0, 0.05) is 5.02 Å². The highest BCUT2D eigenvalue weighted by atomic mass is 35.5. The van der Waals surface area contributed by atoms with Crippen LogP contribution in [-0.4, -0.2) is 7.05 Å². The molecule has 0 bridgehead atoms. The van der Waals surface area contributed by atoms with Crippen LogP contribution in [0.4, 0.5) is 4.39 Å². The highest BCUT2D eigenvalue weighted by molar-refractivity contribution is 6.30. The van der Waals surface area contributed by atoms with Crippen molar-refractivity contribution in [2.45, 2.75) is 6.04 Å². The van der Waals surface area contributed by atoms with Crippen LogP contribution >= 0.6 is 11.6 Å². The van der Waals surface area contributed by atoms with Gasteiger partial charge < -0.3 is 5.32 Å². The van der Waals surface area contributed by atoms with Crippen molar-refractivity contribution >= 4 is 11.6 Å². The van der Waals surface area contributed by atoms with Gasteiger partial charge >= 0.3 is 0 Å². The second-order valence-corrected chi connectivity index (χ2v) is 4.26. The largest absolute Gasteiger partial charge is 0.309 e. The molecule has 0 saturated heterocycles. The van der Waals surface area contributed by atoms with E-state index in [0.29, 0.717) is 5.02 Å². The number of rotatable bonds is 3. The van der Waals surface area contributed by atoms with E-state index in [-0.39, 0.29) is 11.9 Å². The second-order valence-electron chi connectivity index (χ2n) is 3.83. The van der Waals surface area contributed by atoms with Gasteiger partial charge in [0.1, 0.15) is 5.82 Å². The van der Waals surface area contributed by atoms with Crippen LogP contribution in [0.3, 0.4) is 0 Å². The van der Waals surface area contributed by atoms with E-state index >= 15 is 0 Å². The first-order valence-corrected chi connectivity index (χ1v) is 5.76. The van der Waals surface area contributed by atoms with Crippen LogP contribution in [0.25, 0.3) is 0 Å². The summed E-state index contributed by atoms with van der Waals surface area (Å²) in [5.74, 6) is -0.227. The molecule has 0 fully saturated rings. The SMILES string of the molecule is CNC(c1ccc(F)cc1)c1cccc(Cl)c1. The molecular weight excluding hydrogens is 237 g/mol. The zero-order valence-electron chi connectivity index (χ0n) is 9.45. The number of benzene rings is 2. The highest BCUT2D eigenvalue weighted by Gasteiger charge is 2.11. The van der Waals surface area contributed by atoms with Gasteiger partial charge in [0.2, 0.25) is 0 Å². The van der Waals surface area contributed by atoms with Gasteiger partial charge in [-0.15, -0.1) is 0 Å². The van der Waals surface area contributed by atoms with Gasteiger partial charge in [0.25, 0.3) is 0 Å². The smallest absolute Gasteiger partial charge is 0.123 e. The van der Waals surface area contributed by atoms with Crippen molar-refractivity contribution in [3.63, 3.8) is 0 Å². The van der Waals surface area contributed by atoms with Gasteiger partial charge in [-0.1, -0.05) is 35.9 Å². The Kier molecular flexibility index (Phi) is 3.77. The first-order chi connectivity index (χ1) is 8.20. The molecule has 88 valence electrons. The van der Waals surface area contributed by atoms with E-state index in [4.69, 9.17) is 11.6 Å². The van der Waals surface area contributed by atoms with Crippen LogP contribution < -0.4 is 5.32 Å². The summed E-state index contributed by atoms with van der Waals surface area (Å²) in [4.78, 5) is 0. The van der Waals surface area contributed by atoms with E-state index < -0.39 is 0 Å². The Morgan fingerprint density at radius 2 is 1.76 bits per heavy atom. The standard InChI is InChI=1S/C14H13ClFN/c1-17-14(10-5-7-13(16)8-6-10)11-3-2-4-12(15)9-11/h2-9,14,17H,1H3. The molecule has 0 saturated carbocycles. The molecule has 0 spiro atoms. The fraction of sp³-hybridized carbons (Fsp3) is 0.143. The summed E-state index contributed by atoms with van der Waals surface area (Å²) in [5, 5.41) is 3.90. The average Bonchev–Trinajstić information content (AvgIpc) is 2.33. The van der Waals surface area contributed by atoms with E-state index in [2.05, 4.69) is 5.32 Å². The Balaban J connectivity index is 2.36. The summed E-state index contributed by atoms with van der Waals surface area (Å²) >= 11 is 5.97. The van der Waals surface area contributed by atoms with E-state index in [0.717, 1.165) is 11.1 Å². The van der Waals surface area contributed by atoms with E-state index in [9.17, 15) is 4.39 Å². The van der Waals surface area contributed by atoms with Crippen LogP contribution in [-0.2, 0) is 0 Å². The number of halogens is 2. The molecule has 1 nitrogen and oxygen atoms in total. The molecule has 2 aromatic rings. The van der Waals surface area contributed by atoms with E-state index in [1.807, 2.05) is 31.3 Å². The normalized spacial score (nSPS) is 12.4. The third-order valence-corrected chi connectivity index (χ3v) is 2.91. The maximum atomic E-state index is 12.9. The molecule has 0 aliphatic carbocycles. The topological polar surface area (TPSA) is 12.0 Å². The third kappa shape index (κ3) is 2.84. The fourth-order valence-corrected chi connectivity index (χ4v) is 2.07. The van der Waals surface area contributed by atoms with Crippen molar-refractivity contribution in [1.29, 1.82) is 0 Å². The summed E-state index contributed by atoms with van der Waals surface area (Å²) in [6.45, 7) is 0.